The van der Waals surface area contributed by atoms with Crippen molar-refractivity contribution < 1.29 is 14.5 Å². The van der Waals surface area contributed by atoms with E-state index >= 15 is 0 Å². The molecule has 1 rings (SSSR count). The highest BCUT2D eigenvalue weighted by Crippen LogP contribution is 2.00. The van der Waals surface area contributed by atoms with E-state index in [1.54, 1.807) is 4.58 Å². The summed E-state index contributed by atoms with van der Waals surface area (Å²) in [5, 5.41) is 9.00. The van der Waals surface area contributed by atoms with E-state index in [4.69, 9.17) is 5.11 Å². The molecule has 9 heavy (non-hydrogen) atoms. The highest BCUT2D eigenvalue weighted by atomic mass is 16.3. The maximum Gasteiger partial charge on any atom is 0.334 e. The molecule has 0 radical (unpaired) electrons. The van der Waals surface area contributed by atoms with Crippen molar-refractivity contribution in [3.05, 3.63) is 0 Å². The Morgan fingerprint density at radius 1 is 1.78 bits per heavy atom. The van der Waals surface area contributed by atoms with Gasteiger partial charge in [-0.1, -0.05) is 0 Å². The van der Waals surface area contributed by atoms with Crippen LogP contribution in [-0.4, -0.2) is 35.0 Å². The second kappa shape index (κ2) is 2.62. The van der Waals surface area contributed by atoms with Crippen molar-refractivity contribution in [3.63, 3.8) is 0 Å². The van der Waals surface area contributed by atoms with Gasteiger partial charge in [-0.3, -0.25) is 4.79 Å². The van der Waals surface area contributed by atoms with Gasteiger partial charge in [0.2, 0.25) is 6.54 Å². The molecule has 0 amide bonds. The van der Waals surface area contributed by atoms with Crippen LogP contribution in [0.1, 0.15) is 12.8 Å². The van der Waals surface area contributed by atoms with Crippen LogP contribution >= 0.6 is 0 Å². The van der Waals surface area contributed by atoms with Crippen LogP contribution in [0.2, 0.25) is 0 Å². The smallest absolute Gasteiger partial charge is 0.334 e. The minimum Gasteiger partial charge on any atom is -0.464 e. The number of aliphatic hydroxyl groups is 1. The van der Waals surface area contributed by atoms with E-state index in [1.807, 2.05) is 0 Å². The third-order valence-electron chi connectivity index (χ3n) is 1.49. The molecule has 0 saturated heterocycles. The summed E-state index contributed by atoms with van der Waals surface area (Å²) in [6.45, 7) is 1.16. The molecule has 0 aromatic heterocycles. The summed E-state index contributed by atoms with van der Waals surface area (Å²) in [5.74, 6) is 0.363. The second-order valence-corrected chi connectivity index (χ2v) is 2.13. The Morgan fingerprint density at radius 3 is 3.00 bits per heavy atom. The van der Waals surface area contributed by atoms with E-state index in [0.29, 0.717) is 12.4 Å². The number of hydrogen-bond donors (Lipinski definition) is 1. The SMILES string of the molecule is O=CC[N+]1=C(O)CCC1. The Balaban J connectivity index is 2.54. The molecule has 0 atom stereocenters. The molecule has 0 saturated carbocycles. The summed E-state index contributed by atoms with van der Waals surface area (Å²) < 4.78 is 1.69. The number of aliphatic hydroxyl groups excluding tert-OH is 1. The van der Waals surface area contributed by atoms with E-state index in [2.05, 4.69) is 0 Å². The van der Waals surface area contributed by atoms with Gasteiger partial charge in [0.1, 0.15) is 6.54 Å². The van der Waals surface area contributed by atoms with Crippen LogP contribution < -0.4 is 0 Å². The minimum absolute atomic E-state index is 0.339. The molecule has 0 aromatic rings. The molecular formula is C6H10NO2+. The van der Waals surface area contributed by atoms with Crippen molar-refractivity contribution in [2.75, 3.05) is 13.1 Å². The van der Waals surface area contributed by atoms with Crippen LogP contribution in [0.3, 0.4) is 0 Å². The number of hydrogen-bond acceptors (Lipinski definition) is 1. The molecule has 3 nitrogen and oxygen atoms in total. The molecule has 0 unspecified atom stereocenters. The third-order valence-corrected chi connectivity index (χ3v) is 1.49. The molecule has 3 heteroatoms. The third kappa shape index (κ3) is 1.28. The van der Waals surface area contributed by atoms with E-state index < -0.39 is 0 Å². The lowest BCUT2D eigenvalue weighted by Gasteiger charge is -1.88. The zero-order chi connectivity index (χ0) is 6.69. The maximum absolute atomic E-state index is 9.94. The standard InChI is InChI=1S/C6H9NO2/c8-5-4-7-3-1-2-6(7)9/h5H,1-4H2/p+1. The highest BCUT2D eigenvalue weighted by molar-refractivity contribution is 5.70. The zero-order valence-corrected chi connectivity index (χ0v) is 5.21. The normalized spacial score (nSPS) is 18.7. The number of rotatable bonds is 2. The largest absolute Gasteiger partial charge is 0.464 e. The van der Waals surface area contributed by atoms with Crippen molar-refractivity contribution in [2.24, 2.45) is 0 Å². The molecule has 0 spiro atoms. The van der Waals surface area contributed by atoms with Gasteiger partial charge in [0, 0.05) is 6.42 Å². The first-order valence-electron chi connectivity index (χ1n) is 3.08. The molecule has 50 valence electrons. The van der Waals surface area contributed by atoms with Crippen LogP contribution in [0.5, 0.6) is 0 Å². The average Bonchev–Trinajstić information content (AvgIpc) is 2.18. The van der Waals surface area contributed by atoms with Gasteiger partial charge in [-0.25, -0.2) is 0 Å². The Labute approximate surface area is 53.6 Å². The van der Waals surface area contributed by atoms with E-state index in [0.717, 1.165) is 25.7 Å². The lowest BCUT2D eigenvalue weighted by Crippen LogP contribution is -2.16. The molecule has 1 N–H and O–H groups in total. The summed E-state index contributed by atoms with van der Waals surface area (Å²) in [7, 11) is 0. The summed E-state index contributed by atoms with van der Waals surface area (Å²) in [5.41, 5.74) is 0. The summed E-state index contributed by atoms with van der Waals surface area (Å²) in [6, 6.07) is 0. The quantitative estimate of drug-likeness (QED) is 0.418. The van der Waals surface area contributed by atoms with Crippen molar-refractivity contribution in [1.82, 2.24) is 0 Å². The maximum atomic E-state index is 9.94. The second-order valence-electron chi connectivity index (χ2n) is 2.13. The van der Waals surface area contributed by atoms with Gasteiger partial charge in [0.25, 0.3) is 0 Å². The summed E-state index contributed by atoms with van der Waals surface area (Å²) in [6.07, 6.45) is 2.51. The highest BCUT2D eigenvalue weighted by Gasteiger charge is 2.19. The first-order chi connectivity index (χ1) is 4.34. The van der Waals surface area contributed by atoms with Crippen molar-refractivity contribution in [3.8, 4) is 0 Å². The van der Waals surface area contributed by atoms with Crippen LogP contribution in [0.25, 0.3) is 0 Å². The first kappa shape index (κ1) is 6.26. The number of carbonyl (C=O) groups is 1. The molecule has 0 fully saturated rings. The Hall–Kier alpha value is -0.860. The molecular weight excluding hydrogens is 118 g/mol. The van der Waals surface area contributed by atoms with Crippen LogP contribution in [-0.2, 0) is 4.79 Å². The van der Waals surface area contributed by atoms with E-state index in [-0.39, 0.29) is 0 Å². The fourth-order valence-electron chi connectivity index (χ4n) is 1.00. The van der Waals surface area contributed by atoms with Gasteiger partial charge in [0.15, 0.2) is 6.29 Å². The van der Waals surface area contributed by atoms with Gasteiger partial charge in [-0.05, 0) is 0 Å². The van der Waals surface area contributed by atoms with Crippen LogP contribution in [0.4, 0.5) is 0 Å². The number of carbonyl (C=O) groups excluding carboxylic acids is 1. The van der Waals surface area contributed by atoms with Gasteiger partial charge < -0.3 is 5.11 Å². The average molecular weight is 128 g/mol. The number of aldehydes is 1. The summed E-state index contributed by atoms with van der Waals surface area (Å²) >= 11 is 0. The minimum atomic E-state index is 0.339. The van der Waals surface area contributed by atoms with Crippen LogP contribution in [0, 0.1) is 0 Å². The summed E-state index contributed by atoms with van der Waals surface area (Å²) in [4.78, 5) is 9.94. The Morgan fingerprint density at radius 2 is 2.56 bits per heavy atom. The fourth-order valence-corrected chi connectivity index (χ4v) is 1.00. The van der Waals surface area contributed by atoms with Gasteiger partial charge in [-0.15, -0.1) is 0 Å². The predicted molar refractivity (Wildman–Crippen MR) is 32.9 cm³/mol. The van der Waals surface area contributed by atoms with Gasteiger partial charge in [-0.2, -0.15) is 4.58 Å². The van der Waals surface area contributed by atoms with Gasteiger partial charge in [0.05, 0.1) is 6.42 Å². The van der Waals surface area contributed by atoms with E-state index in [9.17, 15) is 4.79 Å². The van der Waals surface area contributed by atoms with Crippen molar-refractivity contribution in [1.29, 1.82) is 0 Å². The molecule has 0 aromatic carbocycles. The Kier molecular flexibility index (Phi) is 1.82. The lowest BCUT2D eigenvalue weighted by molar-refractivity contribution is -0.513. The van der Waals surface area contributed by atoms with Crippen LogP contribution in [0.15, 0.2) is 0 Å². The first-order valence-corrected chi connectivity index (χ1v) is 3.08. The molecule has 0 bridgehead atoms. The molecule has 1 aliphatic heterocycles. The van der Waals surface area contributed by atoms with Crippen molar-refractivity contribution in [2.45, 2.75) is 12.8 Å². The molecule has 1 heterocycles. The molecule has 0 aliphatic carbocycles. The fraction of sp³-hybridized carbons (Fsp3) is 0.667. The monoisotopic (exact) mass is 128 g/mol. The van der Waals surface area contributed by atoms with Gasteiger partial charge >= 0.3 is 5.90 Å². The van der Waals surface area contributed by atoms with Crippen molar-refractivity contribution >= 4 is 12.2 Å². The zero-order valence-electron chi connectivity index (χ0n) is 5.21. The number of nitrogens with zero attached hydrogens (tertiary/aromatic N) is 1. The Bertz CT molecular complexity index is 151. The topological polar surface area (TPSA) is 40.3 Å². The molecule has 1 aliphatic rings. The van der Waals surface area contributed by atoms with E-state index in [1.165, 1.54) is 0 Å². The lowest BCUT2D eigenvalue weighted by atomic mass is 10.4. The predicted octanol–water partition coefficient (Wildman–Crippen LogP) is -0.0519.